The topological polar surface area (TPSA) is 66.9 Å². The molecular formula is C13H7FIN2O2+. The molecule has 0 amide bonds. The minimum Gasteiger partial charge on any atom is -0.258 e. The van der Waals surface area contributed by atoms with Crippen LogP contribution in [0, 0.1) is 34.4 Å². The maximum atomic E-state index is 13.6. The second-order valence-corrected chi connectivity index (χ2v) is 6.52. The Kier molecular flexibility index (Phi) is 4.06. The maximum Gasteiger partial charge on any atom is 0.361 e. The molecule has 0 N–H and O–H groups in total. The van der Waals surface area contributed by atoms with Crippen molar-refractivity contribution in [2.75, 3.05) is 0 Å². The van der Waals surface area contributed by atoms with Crippen LogP contribution in [0.2, 0.25) is 0 Å². The summed E-state index contributed by atoms with van der Waals surface area (Å²) in [6.07, 6.45) is 0. The molecule has 0 radical (unpaired) electrons. The summed E-state index contributed by atoms with van der Waals surface area (Å²) in [6.45, 7) is 0. The highest BCUT2D eigenvalue weighted by molar-refractivity contribution is 5.29. The van der Waals surface area contributed by atoms with Gasteiger partial charge in [0.2, 0.25) is 3.57 Å². The molecule has 4 nitrogen and oxygen atoms in total. The van der Waals surface area contributed by atoms with Crippen molar-refractivity contribution >= 4 is 5.69 Å². The Morgan fingerprint density at radius 3 is 2.47 bits per heavy atom. The van der Waals surface area contributed by atoms with Crippen molar-refractivity contribution in [3.05, 3.63) is 71.1 Å². The van der Waals surface area contributed by atoms with Crippen LogP contribution in [0.1, 0.15) is 5.56 Å². The lowest BCUT2D eigenvalue weighted by Gasteiger charge is -1.92. The van der Waals surface area contributed by atoms with Gasteiger partial charge in [-0.25, -0.2) is 4.39 Å². The van der Waals surface area contributed by atoms with Crippen LogP contribution in [0.5, 0.6) is 0 Å². The van der Waals surface area contributed by atoms with Crippen molar-refractivity contribution < 1.29 is 30.5 Å². The third kappa shape index (κ3) is 3.26. The highest BCUT2D eigenvalue weighted by Crippen LogP contribution is 2.10. The molecule has 6 heteroatoms. The Balaban J connectivity index is 2.29. The lowest BCUT2D eigenvalue weighted by molar-refractivity contribution is -0.600. The normalized spacial score (nSPS) is 9.89. The Bertz CT molecular complexity index is 665. The molecule has 0 atom stereocenters. The van der Waals surface area contributed by atoms with E-state index in [1.165, 1.54) is 6.07 Å². The van der Waals surface area contributed by atoms with Gasteiger partial charge in [-0.15, -0.1) is 0 Å². The fourth-order valence-electron chi connectivity index (χ4n) is 1.38. The molecule has 0 aliphatic heterocycles. The quantitative estimate of drug-likeness (QED) is 0.425. The molecule has 0 fully saturated rings. The predicted octanol–water partition coefficient (Wildman–Crippen LogP) is -0.266. The molecule has 19 heavy (non-hydrogen) atoms. The summed E-state index contributed by atoms with van der Waals surface area (Å²) in [5.74, 6) is -0.428. The summed E-state index contributed by atoms with van der Waals surface area (Å²) >= 11 is -0.842. The molecule has 0 aromatic heterocycles. The zero-order valence-corrected chi connectivity index (χ0v) is 11.7. The molecule has 2 aromatic carbocycles. The minimum absolute atomic E-state index is 0.107. The number of hydrogen-bond acceptors (Lipinski definition) is 3. The minimum atomic E-state index is -0.842. The second kappa shape index (κ2) is 5.75. The Morgan fingerprint density at radius 1 is 1.21 bits per heavy atom. The molecule has 0 saturated heterocycles. The van der Waals surface area contributed by atoms with Gasteiger partial charge in [-0.1, -0.05) is 0 Å². The zero-order chi connectivity index (χ0) is 13.8. The van der Waals surface area contributed by atoms with Crippen LogP contribution in [0.15, 0.2) is 42.5 Å². The van der Waals surface area contributed by atoms with E-state index >= 15 is 0 Å². The Labute approximate surface area is 118 Å². The molecule has 0 unspecified atom stereocenters. The number of hydrogen-bond donors (Lipinski definition) is 0. The van der Waals surface area contributed by atoms with E-state index in [1.54, 1.807) is 24.3 Å². The zero-order valence-electron chi connectivity index (χ0n) is 9.51. The molecule has 0 saturated carbocycles. The molecular weight excluding hydrogens is 362 g/mol. The Hall–Kier alpha value is -2.01. The van der Waals surface area contributed by atoms with Gasteiger partial charge in [0, 0.05) is 6.07 Å². The van der Waals surface area contributed by atoms with Crippen molar-refractivity contribution in [2.24, 2.45) is 0 Å². The van der Waals surface area contributed by atoms with Crippen LogP contribution in [0.25, 0.3) is 0 Å². The number of non-ortho nitro benzene ring substituents is 1. The van der Waals surface area contributed by atoms with Crippen LogP contribution < -0.4 is 21.2 Å². The number of nitriles is 1. The van der Waals surface area contributed by atoms with Gasteiger partial charge in [-0.05, 0) is 30.3 Å². The first kappa shape index (κ1) is 13.4. The van der Waals surface area contributed by atoms with E-state index in [-0.39, 0.29) is 5.69 Å². The number of halogens is 2. The van der Waals surface area contributed by atoms with Crippen LogP contribution >= 0.6 is 0 Å². The second-order valence-electron chi connectivity index (χ2n) is 3.57. The van der Waals surface area contributed by atoms with Gasteiger partial charge in [-0.2, -0.15) is 5.26 Å². The molecule has 0 aliphatic carbocycles. The summed E-state index contributed by atoms with van der Waals surface area (Å²) in [5, 5.41) is 19.3. The number of benzene rings is 2. The monoisotopic (exact) mass is 369 g/mol. The summed E-state index contributed by atoms with van der Waals surface area (Å²) in [5.41, 5.74) is 0.428. The summed E-state index contributed by atoms with van der Waals surface area (Å²) in [4.78, 5) is 10.1. The molecule has 0 heterocycles. The van der Waals surface area contributed by atoms with Crippen molar-refractivity contribution in [3.63, 3.8) is 0 Å². The highest BCUT2D eigenvalue weighted by atomic mass is 127. The van der Waals surface area contributed by atoms with Gasteiger partial charge in [0.15, 0.2) is 9.39 Å². The van der Waals surface area contributed by atoms with E-state index in [0.29, 0.717) is 9.13 Å². The van der Waals surface area contributed by atoms with Gasteiger partial charge in [0.1, 0.15) is 0 Å². The van der Waals surface area contributed by atoms with E-state index < -0.39 is 31.9 Å². The van der Waals surface area contributed by atoms with Crippen LogP contribution in [0.3, 0.4) is 0 Å². The molecule has 0 bridgehead atoms. The Morgan fingerprint density at radius 2 is 1.89 bits per heavy atom. The standard InChI is InChI=1S/C13H7FIN2O2/c14-12-6-5-11(17(18)19)7-13(12)15-10-3-1-9(8-16)2-4-10/h1-7H/q+1. The third-order valence-electron chi connectivity index (χ3n) is 2.30. The van der Waals surface area contributed by atoms with Crippen molar-refractivity contribution in [1.29, 1.82) is 5.26 Å². The van der Waals surface area contributed by atoms with Crippen molar-refractivity contribution in [2.45, 2.75) is 0 Å². The fraction of sp³-hybridized carbons (Fsp3) is 0. The average Bonchev–Trinajstić information content (AvgIpc) is 2.42. The molecule has 0 aliphatic rings. The van der Waals surface area contributed by atoms with E-state index in [0.717, 1.165) is 15.7 Å². The fourth-order valence-corrected chi connectivity index (χ4v) is 3.68. The average molecular weight is 369 g/mol. The van der Waals surface area contributed by atoms with Gasteiger partial charge in [-0.3, -0.25) is 10.1 Å². The van der Waals surface area contributed by atoms with E-state index in [2.05, 4.69) is 0 Å². The smallest absolute Gasteiger partial charge is 0.258 e. The SMILES string of the molecule is N#Cc1ccc([I+]c2cc([N+](=O)[O-])ccc2F)cc1. The summed E-state index contributed by atoms with van der Waals surface area (Å²) in [7, 11) is 0. The maximum absolute atomic E-state index is 13.6. The number of nitrogens with zero attached hydrogens (tertiary/aromatic N) is 2. The first-order valence-electron chi connectivity index (χ1n) is 5.19. The molecule has 2 rings (SSSR count). The number of nitro groups is 1. The van der Waals surface area contributed by atoms with Gasteiger partial charge in [0.05, 0.1) is 22.6 Å². The van der Waals surface area contributed by atoms with Crippen molar-refractivity contribution in [3.8, 4) is 6.07 Å². The predicted molar refractivity (Wildman–Crippen MR) is 61.6 cm³/mol. The van der Waals surface area contributed by atoms with E-state index in [9.17, 15) is 14.5 Å². The number of rotatable bonds is 3. The first-order chi connectivity index (χ1) is 9.10. The van der Waals surface area contributed by atoms with E-state index in [1.807, 2.05) is 6.07 Å². The van der Waals surface area contributed by atoms with Crippen LogP contribution in [-0.2, 0) is 0 Å². The molecule has 94 valence electrons. The third-order valence-corrected chi connectivity index (χ3v) is 5.05. The first-order valence-corrected chi connectivity index (χ1v) is 7.35. The van der Waals surface area contributed by atoms with Gasteiger partial charge >= 0.3 is 21.2 Å². The summed E-state index contributed by atoms with van der Waals surface area (Å²) < 4.78 is 14.9. The van der Waals surface area contributed by atoms with Crippen LogP contribution in [0.4, 0.5) is 10.1 Å². The lowest BCUT2D eigenvalue weighted by atomic mass is 10.2. The lowest BCUT2D eigenvalue weighted by Crippen LogP contribution is -3.61. The molecule has 0 spiro atoms. The molecule has 2 aromatic rings. The van der Waals surface area contributed by atoms with Gasteiger partial charge < -0.3 is 0 Å². The number of nitro benzene ring substituents is 1. The van der Waals surface area contributed by atoms with Gasteiger partial charge in [0.25, 0.3) is 5.69 Å². The largest absolute Gasteiger partial charge is 0.361 e. The van der Waals surface area contributed by atoms with E-state index in [4.69, 9.17) is 5.26 Å². The summed E-state index contributed by atoms with van der Waals surface area (Å²) in [6, 6.07) is 12.4. The highest BCUT2D eigenvalue weighted by Gasteiger charge is 2.23. The van der Waals surface area contributed by atoms with Crippen LogP contribution in [-0.4, -0.2) is 4.92 Å². The van der Waals surface area contributed by atoms with Crippen molar-refractivity contribution in [1.82, 2.24) is 0 Å².